The summed E-state index contributed by atoms with van der Waals surface area (Å²) < 4.78 is 10.2. The first-order valence-corrected chi connectivity index (χ1v) is 3.60. The molecular weight excluding hydrogens is 171 g/mol. The fourth-order valence-electron chi connectivity index (χ4n) is 0.922. The van der Waals surface area contributed by atoms with Crippen LogP contribution in [0.2, 0.25) is 0 Å². The number of hydrogen-bond acceptors (Lipinski definition) is 4. The number of rotatable bonds is 2. The smallest absolute Gasteiger partial charge is 0.547 e. The van der Waals surface area contributed by atoms with Gasteiger partial charge in [0.2, 0.25) is 0 Å². The molecule has 1 heterocycles. The fraction of sp³-hybridized carbons (Fsp3) is 0.857. The zero-order valence-corrected chi connectivity index (χ0v) is 9.62. The van der Waals surface area contributed by atoms with Gasteiger partial charge in [-0.3, -0.25) is 0 Å². The van der Waals surface area contributed by atoms with Crippen molar-refractivity contribution in [2.45, 2.75) is 32.2 Å². The number of carbonyl (C=O) groups is 1. The van der Waals surface area contributed by atoms with E-state index in [0.717, 1.165) is 0 Å². The van der Waals surface area contributed by atoms with Crippen LogP contribution in [0.25, 0.3) is 0 Å². The van der Waals surface area contributed by atoms with Crippen LogP contribution in [-0.2, 0) is 14.3 Å². The Balaban J connectivity index is 0.00000121. The molecule has 0 aromatic rings. The molecule has 0 N–H and O–H groups in total. The number of carboxylic acid groups (broad SMARTS) is 1. The molecule has 0 bridgehead atoms. The molecule has 0 saturated carbocycles. The predicted molar refractivity (Wildman–Crippen MR) is 34.5 cm³/mol. The van der Waals surface area contributed by atoms with Gasteiger partial charge < -0.3 is 19.4 Å². The fourth-order valence-corrected chi connectivity index (χ4v) is 0.922. The third-order valence-corrected chi connectivity index (χ3v) is 1.84. The van der Waals surface area contributed by atoms with Gasteiger partial charge in [-0.15, -0.1) is 0 Å². The monoisotopic (exact) mass is 182 g/mol. The molecule has 0 radical (unpaired) electrons. The molecule has 2 atom stereocenters. The summed E-state index contributed by atoms with van der Waals surface area (Å²) in [6.07, 6.45) is -0.267. The molecule has 1 saturated heterocycles. The van der Waals surface area contributed by atoms with Gasteiger partial charge in [0.05, 0.1) is 12.6 Å². The quantitative estimate of drug-likeness (QED) is 0.412. The first-order valence-electron chi connectivity index (χ1n) is 3.60. The second-order valence-electron chi connectivity index (χ2n) is 2.72. The first kappa shape index (κ1) is 12.4. The molecule has 0 spiro atoms. The van der Waals surface area contributed by atoms with Crippen LogP contribution in [0.3, 0.4) is 0 Å². The summed E-state index contributed by atoms with van der Waals surface area (Å²) in [6.45, 7) is 3.68. The normalized spacial score (nSPS) is 34.3. The van der Waals surface area contributed by atoms with E-state index in [1.54, 1.807) is 6.92 Å². The number of carbonyl (C=O) groups excluding carboxylic acids is 1. The summed E-state index contributed by atoms with van der Waals surface area (Å²) in [5.41, 5.74) is 0. The van der Waals surface area contributed by atoms with Gasteiger partial charge in [-0.05, 0) is 13.3 Å². The van der Waals surface area contributed by atoms with Gasteiger partial charge in [-0.2, -0.15) is 0 Å². The van der Waals surface area contributed by atoms with E-state index < -0.39 is 17.9 Å². The van der Waals surface area contributed by atoms with Gasteiger partial charge in [0.1, 0.15) is 6.10 Å². The Kier molecular flexibility index (Phi) is 4.73. The van der Waals surface area contributed by atoms with Crippen molar-refractivity contribution in [1.29, 1.82) is 0 Å². The van der Waals surface area contributed by atoms with Crippen LogP contribution in [-0.4, -0.2) is 24.5 Å². The van der Waals surface area contributed by atoms with E-state index in [2.05, 4.69) is 0 Å². The molecule has 1 fully saturated rings. The van der Waals surface area contributed by atoms with Crippen molar-refractivity contribution < 1.29 is 48.9 Å². The summed E-state index contributed by atoms with van der Waals surface area (Å²) in [6, 6.07) is 0. The van der Waals surface area contributed by atoms with E-state index in [1.807, 2.05) is 6.92 Å². The van der Waals surface area contributed by atoms with Gasteiger partial charge in [0.15, 0.2) is 5.79 Å². The van der Waals surface area contributed by atoms with Crippen LogP contribution in [0, 0.1) is 0 Å². The number of hydrogen-bond donors (Lipinski definition) is 0. The largest absolute Gasteiger partial charge is 1.00 e. The Labute approximate surface area is 93.5 Å². The molecule has 5 heteroatoms. The van der Waals surface area contributed by atoms with E-state index >= 15 is 0 Å². The van der Waals surface area contributed by atoms with Crippen LogP contribution < -0.4 is 34.7 Å². The summed E-state index contributed by atoms with van der Waals surface area (Å²) in [5.74, 6) is -1.94. The van der Waals surface area contributed by atoms with Crippen molar-refractivity contribution >= 4 is 5.97 Å². The van der Waals surface area contributed by atoms with Crippen LogP contribution in [0.15, 0.2) is 0 Å². The van der Waals surface area contributed by atoms with Crippen molar-refractivity contribution in [3.63, 3.8) is 0 Å². The molecule has 1 aliphatic rings. The summed E-state index contributed by atoms with van der Waals surface area (Å²) in [7, 11) is 0. The number of carboxylic acids is 1. The Morgan fingerprint density at radius 1 is 1.75 bits per heavy atom. The molecule has 0 aromatic heterocycles. The summed E-state index contributed by atoms with van der Waals surface area (Å²) >= 11 is 0. The molecule has 4 nitrogen and oxygen atoms in total. The summed E-state index contributed by atoms with van der Waals surface area (Å²) in [5, 5.41) is 10.3. The predicted octanol–water partition coefficient (Wildman–Crippen LogP) is -3.72. The molecule has 0 aliphatic carbocycles. The third kappa shape index (κ3) is 2.71. The van der Waals surface area contributed by atoms with Crippen LogP contribution in [0.1, 0.15) is 20.3 Å². The van der Waals surface area contributed by atoms with Crippen molar-refractivity contribution in [1.82, 2.24) is 0 Å². The molecular formula is C7H11NaO4. The zero-order chi connectivity index (χ0) is 8.48. The van der Waals surface area contributed by atoms with Gasteiger partial charge in [-0.25, -0.2) is 0 Å². The van der Waals surface area contributed by atoms with Gasteiger partial charge in [-0.1, -0.05) is 6.92 Å². The van der Waals surface area contributed by atoms with Crippen LogP contribution >= 0.6 is 0 Å². The standard InChI is InChI=1S/C7H12O4.Na/c1-3-7(2)10-4-5(11-7)6(8)9;/h5H,3-4H2,1-2H3,(H,8,9);/q;+1/p-1. The van der Waals surface area contributed by atoms with Crippen LogP contribution in [0.4, 0.5) is 0 Å². The van der Waals surface area contributed by atoms with Crippen molar-refractivity contribution in [2.75, 3.05) is 6.61 Å². The van der Waals surface area contributed by atoms with Gasteiger partial charge in [0, 0.05) is 0 Å². The number of aliphatic carboxylic acids is 1. The third-order valence-electron chi connectivity index (χ3n) is 1.84. The van der Waals surface area contributed by atoms with Crippen LogP contribution in [0.5, 0.6) is 0 Å². The topological polar surface area (TPSA) is 58.6 Å². The molecule has 1 aliphatic heterocycles. The Bertz CT molecular complexity index is 173. The molecule has 2 unspecified atom stereocenters. The Morgan fingerprint density at radius 2 is 2.33 bits per heavy atom. The maximum absolute atomic E-state index is 10.3. The van der Waals surface area contributed by atoms with Gasteiger partial charge in [0.25, 0.3) is 0 Å². The molecule has 64 valence electrons. The second-order valence-corrected chi connectivity index (χ2v) is 2.72. The van der Waals surface area contributed by atoms with E-state index in [1.165, 1.54) is 0 Å². The average Bonchev–Trinajstić information content (AvgIpc) is 2.33. The van der Waals surface area contributed by atoms with Gasteiger partial charge >= 0.3 is 29.6 Å². The maximum Gasteiger partial charge on any atom is 1.00 e. The van der Waals surface area contributed by atoms with Crippen molar-refractivity contribution in [3.05, 3.63) is 0 Å². The van der Waals surface area contributed by atoms with E-state index in [0.29, 0.717) is 6.42 Å². The molecule has 12 heavy (non-hydrogen) atoms. The number of ether oxygens (including phenoxy) is 2. The minimum absolute atomic E-state index is 0. The van der Waals surface area contributed by atoms with Crippen molar-refractivity contribution in [2.24, 2.45) is 0 Å². The zero-order valence-electron chi connectivity index (χ0n) is 7.62. The minimum Gasteiger partial charge on any atom is -0.547 e. The maximum atomic E-state index is 10.3. The SMILES string of the molecule is CCC1(C)OCC(C(=O)[O-])O1.[Na+]. The van der Waals surface area contributed by atoms with E-state index in [4.69, 9.17) is 9.47 Å². The first-order chi connectivity index (χ1) is 5.07. The molecule has 1 rings (SSSR count). The van der Waals surface area contributed by atoms with E-state index in [-0.39, 0.29) is 36.2 Å². The Morgan fingerprint density at radius 3 is 2.58 bits per heavy atom. The summed E-state index contributed by atoms with van der Waals surface area (Å²) in [4.78, 5) is 10.3. The Hall–Kier alpha value is 0.390. The molecule has 0 aromatic carbocycles. The van der Waals surface area contributed by atoms with Crippen molar-refractivity contribution in [3.8, 4) is 0 Å². The minimum atomic E-state index is -1.21. The average molecular weight is 182 g/mol. The second kappa shape index (κ2) is 4.58. The molecule has 0 amide bonds. The van der Waals surface area contributed by atoms with E-state index in [9.17, 15) is 9.90 Å².